The van der Waals surface area contributed by atoms with Crippen LogP contribution in [0.15, 0.2) is 24.4 Å². The molecule has 0 aromatic carbocycles. The van der Waals surface area contributed by atoms with Crippen LogP contribution in [-0.4, -0.2) is 42.6 Å². The lowest BCUT2D eigenvalue weighted by atomic mass is 10.3. The summed E-state index contributed by atoms with van der Waals surface area (Å²) in [6.07, 6.45) is 1.82. The van der Waals surface area contributed by atoms with Crippen molar-refractivity contribution in [1.82, 2.24) is 9.88 Å². The average Bonchev–Trinajstić information content (AvgIpc) is 2.32. The van der Waals surface area contributed by atoms with Crippen LogP contribution >= 0.6 is 0 Å². The van der Waals surface area contributed by atoms with Gasteiger partial charge in [0.25, 0.3) is 0 Å². The third kappa shape index (κ3) is 2.45. The minimum Gasteiger partial charge on any atom is -0.354 e. The fourth-order valence-corrected chi connectivity index (χ4v) is 1.78. The van der Waals surface area contributed by atoms with Gasteiger partial charge >= 0.3 is 0 Å². The molecule has 4 nitrogen and oxygen atoms in total. The van der Waals surface area contributed by atoms with Crippen molar-refractivity contribution in [3.8, 4) is 6.07 Å². The zero-order valence-corrected chi connectivity index (χ0v) is 8.63. The van der Waals surface area contributed by atoms with Gasteiger partial charge in [0.15, 0.2) is 0 Å². The minimum absolute atomic E-state index is 0.538. The maximum atomic E-state index is 8.58. The van der Waals surface area contributed by atoms with Gasteiger partial charge in [0.2, 0.25) is 0 Å². The summed E-state index contributed by atoms with van der Waals surface area (Å²) in [4.78, 5) is 8.74. The molecular weight excluding hydrogens is 188 g/mol. The van der Waals surface area contributed by atoms with Gasteiger partial charge < -0.3 is 4.90 Å². The van der Waals surface area contributed by atoms with Crippen molar-refractivity contribution < 1.29 is 0 Å². The van der Waals surface area contributed by atoms with Crippen molar-refractivity contribution >= 4 is 5.82 Å². The van der Waals surface area contributed by atoms with Crippen LogP contribution < -0.4 is 4.90 Å². The number of nitriles is 1. The fraction of sp³-hybridized carbons (Fsp3) is 0.455. The SMILES string of the molecule is N#CCN1CCN(c2ccccn2)CC1. The van der Waals surface area contributed by atoms with Gasteiger partial charge in [-0.05, 0) is 12.1 Å². The molecule has 15 heavy (non-hydrogen) atoms. The minimum atomic E-state index is 0.538. The first-order valence-electron chi connectivity index (χ1n) is 5.15. The van der Waals surface area contributed by atoms with Crippen LogP contribution in [-0.2, 0) is 0 Å². The van der Waals surface area contributed by atoms with Gasteiger partial charge in [-0.3, -0.25) is 4.90 Å². The van der Waals surface area contributed by atoms with Gasteiger partial charge in [-0.2, -0.15) is 5.26 Å². The number of nitrogens with zero attached hydrogens (tertiary/aromatic N) is 4. The number of anilines is 1. The van der Waals surface area contributed by atoms with Crippen LogP contribution in [0.3, 0.4) is 0 Å². The normalized spacial score (nSPS) is 17.4. The van der Waals surface area contributed by atoms with E-state index in [1.165, 1.54) is 0 Å². The van der Waals surface area contributed by atoms with Crippen molar-refractivity contribution in [2.75, 3.05) is 37.6 Å². The van der Waals surface area contributed by atoms with Crippen molar-refractivity contribution in [3.63, 3.8) is 0 Å². The summed E-state index contributed by atoms with van der Waals surface area (Å²) in [5, 5.41) is 8.58. The molecular formula is C11H14N4. The van der Waals surface area contributed by atoms with E-state index in [0.29, 0.717) is 6.54 Å². The molecule has 0 aliphatic carbocycles. The first kappa shape index (κ1) is 9.94. The van der Waals surface area contributed by atoms with E-state index in [0.717, 1.165) is 32.0 Å². The Labute approximate surface area is 89.7 Å². The Morgan fingerprint density at radius 3 is 2.67 bits per heavy atom. The summed E-state index contributed by atoms with van der Waals surface area (Å²) < 4.78 is 0. The highest BCUT2D eigenvalue weighted by atomic mass is 15.3. The zero-order valence-electron chi connectivity index (χ0n) is 8.63. The monoisotopic (exact) mass is 202 g/mol. The molecule has 0 N–H and O–H groups in total. The lowest BCUT2D eigenvalue weighted by molar-refractivity contribution is 0.286. The van der Waals surface area contributed by atoms with Gasteiger partial charge in [-0.1, -0.05) is 6.07 Å². The number of aromatic nitrogens is 1. The number of hydrogen-bond donors (Lipinski definition) is 0. The highest BCUT2D eigenvalue weighted by molar-refractivity contribution is 5.38. The summed E-state index contributed by atoms with van der Waals surface area (Å²) in [5.74, 6) is 1.04. The second-order valence-corrected chi connectivity index (χ2v) is 3.61. The predicted molar refractivity (Wildman–Crippen MR) is 58.5 cm³/mol. The van der Waals surface area contributed by atoms with Crippen molar-refractivity contribution in [2.24, 2.45) is 0 Å². The Morgan fingerprint density at radius 2 is 2.07 bits per heavy atom. The third-order valence-electron chi connectivity index (χ3n) is 2.64. The van der Waals surface area contributed by atoms with Crippen LogP contribution in [0.25, 0.3) is 0 Å². The van der Waals surface area contributed by atoms with E-state index in [2.05, 4.69) is 20.9 Å². The quantitative estimate of drug-likeness (QED) is 0.663. The molecule has 0 atom stereocenters. The Morgan fingerprint density at radius 1 is 1.27 bits per heavy atom. The molecule has 2 heterocycles. The third-order valence-corrected chi connectivity index (χ3v) is 2.64. The van der Waals surface area contributed by atoms with Crippen LogP contribution in [0.1, 0.15) is 0 Å². The van der Waals surface area contributed by atoms with Crippen LogP contribution in [0.5, 0.6) is 0 Å². The molecule has 2 rings (SSSR count). The molecule has 0 saturated carbocycles. The maximum Gasteiger partial charge on any atom is 0.128 e. The van der Waals surface area contributed by atoms with E-state index in [-0.39, 0.29) is 0 Å². The average molecular weight is 202 g/mol. The molecule has 0 unspecified atom stereocenters. The molecule has 1 aliphatic heterocycles. The lowest BCUT2D eigenvalue weighted by Crippen LogP contribution is -2.46. The van der Waals surface area contributed by atoms with E-state index in [4.69, 9.17) is 5.26 Å². The molecule has 1 aliphatic rings. The Kier molecular flexibility index (Phi) is 3.15. The molecule has 1 saturated heterocycles. The zero-order chi connectivity index (χ0) is 10.5. The van der Waals surface area contributed by atoms with Crippen LogP contribution in [0.2, 0.25) is 0 Å². The van der Waals surface area contributed by atoms with Crippen molar-refractivity contribution in [1.29, 1.82) is 5.26 Å². The van der Waals surface area contributed by atoms with Gasteiger partial charge in [-0.15, -0.1) is 0 Å². The number of hydrogen-bond acceptors (Lipinski definition) is 4. The summed E-state index contributed by atoms with van der Waals surface area (Å²) in [6, 6.07) is 8.14. The Balaban J connectivity index is 1.92. The molecule has 1 fully saturated rings. The Bertz CT molecular complexity index is 335. The van der Waals surface area contributed by atoms with Crippen molar-refractivity contribution in [2.45, 2.75) is 0 Å². The lowest BCUT2D eigenvalue weighted by Gasteiger charge is -2.34. The number of pyridine rings is 1. The first-order valence-corrected chi connectivity index (χ1v) is 5.15. The second kappa shape index (κ2) is 4.76. The fourth-order valence-electron chi connectivity index (χ4n) is 1.78. The second-order valence-electron chi connectivity index (χ2n) is 3.61. The van der Waals surface area contributed by atoms with Gasteiger partial charge in [0.1, 0.15) is 5.82 Å². The highest BCUT2D eigenvalue weighted by Crippen LogP contribution is 2.11. The van der Waals surface area contributed by atoms with E-state index in [1.54, 1.807) is 0 Å². The number of piperazine rings is 1. The van der Waals surface area contributed by atoms with E-state index >= 15 is 0 Å². The van der Waals surface area contributed by atoms with Crippen LogP contribution in [0.4, 0.5) is 5.82 Å². The molecule has 0 amide bonds. The molecule has 4 heteroatoms. The van der Waals surface area contributed by atoms with E-state index in [1.807, 2.05) is 24.4 Å². The van der Waals surface area contributed by atoms with Crippen molar-refractivity contribution in [3.05, 3.63) is 24.4 Å². The highest BCUT2D eigenvalue weighted by Gasteiger charge is 2.16. The smallest absolute Gasteiger partial charge is 0.128 e. The molecule has 0 spiro atoms. The first-order chi connectivity index (χ1) is 7.40. The molecule has 1 aromatic rings. The molecule has 78 valence electrons. The predicted octanol–water partition coefficient (Wildman–Crippen LogP) is 0.727. The largest absolute Gasteiger partial charge is 0.354 e. The van der Waals surface area contributed by atoms with E-state index in [9.17, 15) is 0 Å². The maximum absolute atomic E-state index is 8.58. The summed E-state index contributed by atoms with van der Waals surface area (Å²) in [5.41, 5.74) is 0. The molecule has 1 aromatic heterocycles. The van der Waals surface area contributed by atoms with Crippen LogP contribution in [0, 0.1) is 11.3 Å². The van der Waals surface area contributed by atoms with Gasteiger partial charge in [0.05, 0.1) is 12.6 Å². The summed E-state index contributed by atoms with van der Waals surface area (Å²) in [6.45, 7) is 4.35. The van der Waals surface area contributed by atoms with Gasteiger partial charge in [-0.25, -0.2) is 4.98 Å². The summed E-state index contributed by atoms with van der Waals surface area (Å²) >= 11 is 0. The standard InChI is InChI=1S/C11H14N4/c12-4-6-14-7-9-15(10-8-14)11-3-1-2-5-13-11/h1-3,5H,6-10H2. The summed E-state index contributed by atoms with van der Waals surface area (Å²) in [7, 11) is 0. The van der Waals surface area contributed by atoms with Gasteiger partial charge in [0, 0.05) is 32.4 Å². The molecule has 0 bridgehead atoms. The van der Waals surface area contributed by atoms with E-state index < -0.39 is 0 Å². The number of rotatable bonds is 2. The topological polar surface area (TPSA) is 43.2 Å². The molecule has 0 radical (unpaired) electrons. The Hall–Kier alpha value is -1.60.